The largest absolute Gasteiger partial charge is 0.479 e. The van der Waals surface area contributed by atoms with Gasteiger partial charge in [-0.05, 0) is 11.6 Å². The Morgan fingerprint density at radius 1 is 1.71 bits per heavy atom. The normalized spacial score (nSPS) is 12.4. The Hall–Kier alpha value is -1.49. The average Bonchev–Trinajstić information content (AvgIpc) is 2.16. The van der Waals surface area contributed by atoms with Gasteiger partial charge in [-0.25, -0.2) is 9.78 Å². The molecule has 14 heavy (non-hydrogen) atoms. The standard InChI is InChI=1S/C9H10FNO3/c1-14-7(9(12)13)4-6-2-3-8(10)11-5-6/h2-3,5,7H,4H2,1H3,(H,12,13). The molecule has 0 aliphatic heterocycles. The Labute approximate surface area is 80.3 Å². The fourth-order valence-electron chi connectivity index (χ4n) is 1.01. The zero-order valence-corrected chi connectivity index (χ0v) is 7.61. The van der Waals surface area contributed by atoms with Crippen molar-refractivity contribution in [2.75, 3.05) is 7.11 Å². The third kappa shape index (κ3) is 2.77. The molecule has 1 N–H and O–H groups in total. The molecule has 4 nitrogen and oxygen atoms in total. The first kappa shape index (κ1) is 10.6. The molecule has 76 valence electrons. The lowest BCUT2D eigenvalue weighted by atomic mass is 10.1. The van der Waals surface area contributed by atoms with E-state index in [4.69, 9.17) is 9.84 Å². The topological polar surface area (TPSA) is 59.4 Å². The summed E-state index contributed by atoms with van der Waals surface area (Å²) in [6.07, 6.45) is 0.561. The van der Waals surface area contributed by atoms with Gasteiger partial charge in [-0.1, -0.05) is 6.07 Å². The highest BCUT2D eigenvalue weighted by Crippen LogP contribution is 2.05. The number of aliphatic carboxylic acids is 1. The van der Waals surface area contributed by atoms with Crippen LogP contribution in [0.3, 0.4) is 0 Å². The van der Waals surface area contributed by atoms with Gasteiger partial charge >= 0.3 is 5.97 Å². The molecule has 0 amide bonds. The zero-order chi connectivity index (χ0) is 10.6. The molecule has 1 atom stereocenters. The molecule has 1 rings (SSSR count). The smallest absolute Gasteiger partial charge is 0.333 e. The lowest BCUT2D eigenvalue weighted by molar-refractivity contribution is -0.148. The van der Waals surface area contributed by atoms with Gasteiger partial charge in [-0.15, -0.1) is 0 Å². The molecule has 0 aliphatic carbocycles. The van der Waals surface area contributed by atoms with Gasteiger partial charge in [0.25, 0.3) is 0 Å². The lowest BCUT2D eigenvalue weighted by Gasteiger charge is -2.09. The number of carboxylic acids is 1. The number of pyridine rings is 1. The van der Waals surface area contributed by atoms with Crippen LogP contribution in [-0.4, -0.2) is 29.3 Å². The molecule has 0 bridgehead atoms. The molecule has 0 saturated carbocycles. The van der Waals surface area contributed by atoms with Crippen LogP contribution in [0, 0.1) is 5.95 Å². The van der Waals surface area contributed by atoms with Gasteiger partial charge in [0.15, 0.2) is 6.10 Å². The lowest BCUT2D eigenvalue weighted by Crippen LogP contribution is -2.24. The molecule has 0 saturated heterocycles. The van der Waals surface area contributed by atoms with Crippen molar-refractivity contribution in [3.63, 3.8) is 0 Å². The van der Waals surface area contributed by atoms with Crippen LogP contribution in [0.25, 0.3) is 0 Å². The van der Waals surface area contributed by atoms with Gasteiger partial charge in [0.1, 0.15) is 0 Å². The van der Waals surface area contributed by atoms with E-state index in [0.717, 1.165) is 0 Å². The maximum absolute atomic E-state index is 12.4. The monoisotopic (exact) mass is 199 g/mol. The van der Waals surface area contributed by atoms with E-state index in [1.54, 1.807) is 0 Å². The quantitative estimate of drug-likeness (QED) is 0.731. The summed E-state index contributed by atoms with van der Waals surface area (Å²) >= 11 is 0. The highest BCUT2D eigenvalue weighted by Gasteiger charge is 2.16. The Morgan fingerprint density at radius 3 is 2.86 bits per heavy atom. The summed E-state index contributed by atoms with van der Waals surface area (Å²) in [4.78, 5) is 14.0. The van der Waals surface area contributed by atoms with Gasteiger partial charge < -0.3 is 9.84 Å². The second kappa shape index (κ2) is 4.66. The van der Waals surface area contributed by atoms with Crippen molar-refractivity contribution in [1.82, 2.24) is 4.98 Å². The predicted octanol–water partition coefficient (Wildman–Crippen LogP) is 0.863. The van der Waals surface area contributed by atoms with Crippen LogP contribution in [-0.2, 0) is 16.0 Å². The number of carbonyl (C=O) groups is 1. The predicted molar refractivity (Wildman–Crippen MR) is 46.3 cm³/mol. The number of ether oxygens (including phenoxy) is 1. The molecular formula is C9H10FNO3. The zero-order valence-electron chi connectivity index (χ0n) is 7.61. The van der Waals surface area contributed by atoms with Crippen LogP contribution < -0.4 is 0 Å². The number of rotatable bonds is 4. The maximum Gasteiger partial charge on any atom is 0.333 e. The maximum atomic E-state index is 12.4. The third-order valence-electron chi connectivity index (χ3n) is 1.77. The number of nitrogens with zero attached hydrogens (tertiary/aromatic N) is 1. The third-order valence-corrected chi connectivity index (χ3v) is 1.77. The van der Waals surface area contributed by atoms with E-state index in [1.807, 2.05) is 0 Å². The van der Waals surface area contributed by atoms with Crippen molar-refractivity contribution in [3.05, 3.63) is 29.8 Å². The summed E-state index contributed by atoms with van der Waals surface area (Å²) in [6, 6.07) is 2.67. The van der Waals surface area contributed by atoms with E-state index in [0.29, 0.717) is 5.56 Å². The van der Waals surface area contributed by atoms with Gasteiger partial charge in [-0.2, -0.15) is 4.39 Å². The average molecular weight is 199 g/mol. The molecular weight excluding hydrogens is 189 g/mol. The minimum atomic E-state index is -1.04. The first-order valence-corrected chi connectivity index (χ1v) is 3.99. The first-order valence-electron chi connectivity index (χ1n) is 3.99. The summed E-state index contributed by atoms with van der Waals surface area (Å²) in [5.41, 5.74) is 0.626. The summed E-state index contributed by atoms with van der Waals surface area (Å²) in [5.74, 6) is -1.63. The van der Waals surface area contributed by atoms with E-state index in [-0.39, 0.29) is 6.42 Å². The summed E-state index contributed by atoms with van der Waals surface area (Å²) < 4.78 is 17.1. The Morgan fingerprint density at radius 2 is 2.43 bits per heavy atom. The van der Waals surface area contributed by atoms with Crippen molar-refractivity contribution < 1.29 is 19.0 Å². The second-order valence-electron chi connectivity index (χ2n) is 2.76. The highest BCUT2D eigenvalue weighted by atomic mass is 19.1. The molecule has 0 spiro atoms. The van der Waals surface area contributed by atoms with E-state index >= 15 is 0 Å². The Balaban J connectivity index is 2.67. The van der Waals surface area contributed by atoms with Crippen molar-refractivity contribution in [2.45, 2.75) is 12.5 Å². The Kier molecular flexibility index (Phi) is 3.53. The van der Waals surface area contributed by atoms with Crippen molar-refractivity contribution in [2.24, 2.45) is 0 Å². The number of methoxy groups -OCH3 is 1. The van der Waals surface area contributed by atoms with Gasteiger partial charge in [0.05, 0.1) is 0 Å². The van der Waals surface area contributed by atoms with Crippen LogP contribution in [0.15, 0.2) is 18.3 Å². The molecule has 5 heteroatoms. The molecule has 0 aromatic carbocycles. The molecule has 1 aromatic rings. The number of hydrogen-bond donors (Lipinski definition) is 1. The van der Waals surface area contributed by atoms with E-state index in [2.05, 4.69) is 4.98 Å². The van der Waals surface area contributed by atoms with Crippen molar-refractivity contribution in [3.8, 4) is 0 Å². The molecule has 0 radical (unpaired) electrons. The number of halogens is 1. The van der Waals surface area contributed by atoms with Crippen LogP contribution in [0.5, 0.6) is 0 Å². The summed E-state index contributed by atoms with van der Waals surface area (Å²) in [6.45, 7) is 0. The molecule has 1 aromatic heterocycles. The number of carboxylic acid groups (broad SMARTS) is 1. The fraction of sp³-hybridized carbons (Fsp3) is 0.333. The van der Waals surface area contributed by atoms with Crippen LogP contribution >= 0.6 is 0 Å². The fourth-order valence-corrected chi connectivity index (χ4v) is 1.01. The van der Waals surface area contributed by atoms with E-state index in [9.17, 15) is 9.18 Å². The molecule has 1 heterocycles. The first-order chi connectivity index (χ1) is 6.63. The van der Waals surface area contributed by atoms with Gasteiger partial charge in [0.2, 0.25) is 5.95 Å². The van der Waals surface area contributed by atoms with E-state index in [1.165, 1.54) is 25.4 Å². The van der Waals surface area contributed by atoms with E-state index < -0.39 is 18.0 Å². The molecule has 0 fully saturated rings. The van der Waals surface area contributed by atoms with Crippen LogP contribution in [0.1, 0.15) is 5.56 Å². The van der Waals surface area contributed by atoms with Crippen molar-refractivity contribution in [1.29, 1.82) is 0 Å². The molecule has 1 unspecified atom stereocenters. The Bertz CT molecular complexity index is 312. The van der Waals surface area contributed by atoms with Crippen LogP contribution in [0.2, 0.25) is 0 Å². The summed E-state index contributed by atoms with van der Waals surface area (Å²) in [7, 11) is 1.32. The SMILES string of the molecule is COC(Cc1ccc(F)nc1)C(=O)O. The highest BCUT2D eigenvalue weighted by molar-refractivity contribution is 5.72. The summed E-state index contributed by atoms with van der Waals surface area (Å²) in [5, 5.41) is 8.67. The minimum Gasteiger partial charge on any atom is -0.479 e. The second-order valence-corrected chi connectivity index (χ2v) is 2.76. The van der Waals surface area contributed by atoms with Crippen LogP contribution in [0.4, 0.5) is 4.39 Å². The number of hydrogen-bond acceptors (Lipinski definition) is 3. The van der Waals surface area contributed by atoms with Crippen molar-refractivity contribution >= 4 is 5.97 Å². The number of aromatic nitrogens is 1. The molecule has 0 aliphatic rings. The van der Waals surface area contributed by atoms with Gasteiger partial charge in [0, 0.05) is 19.7 Å². The van der Waals surface area contributed by atoms with Gasteiger partial charge in [-0.3, -0.25) is 0 Å². The minimum absolute atomic E-state index is 0.180.